The molecule has 0 aromatic heterocycles. The maximum atomic E-state index is 5.29. The van der Waals surface area contributed by atoms with Gasteiger partial charge in [0.25, 0.3) is 0 Å². The first-order valence-corrected chi connectivity index (χ1v) is 7.51. The largest absolute Gasteiger partial charge is 0.392 e. The number of hydrogen-bond acceptors (Lipinski definition) is 2. The minimum absolute atomic E-state index is 0.161. The van der Waals surface area contributed by atoms with Gasteiger partial charge in [-0.3, -0.25) is 0 Å². The quantitative estimate of drug-likeness (QED) is 0.551. The molecular weight excluding hydrogens is 234 g/mol. The molecule has 1 aromatic rings. The van der Waals surface area contributed by atoms with Gasteiger partial charge >= 0.3 is 0 Å². The summed E-state index contributed by atoms with van der Waals surface area (Å²) < 4.78 is 0. The third-order valence-corrected chi connectivity index (χ3v) is 3.95. The molecule has 0 heterocycles. The molecule has 2 heteroatoms. The maximum absolute atomic E-state index is 5.29. The Balaban J connectivity index is 1.98. The minimum Gasteiger partial charge on any atom is -0.392 e. The fraction of sp³-hybridized carbons (Fsp3) is 0.588. The van der Waals surface area contributed by atoms with Crippen LogP contribution in [0.1, 0.15) is 69.4 Å². The van der Waals surface area contributed by atoms with Gasteiger partial charge in [0.15, 0.2) is 0 Å². The van der Waals surface area contributed by atoms with Crippen molar-refractivity contribution in [3.8, 4) is 0 Å². The summed E-state index contributed by atoms with van der Waals surface area (Å²) in [5.41, 5.74) is 2.45. The fourth-order valence-corrected chi connectivity index (χ4v) is 2.54. The first kappa shape index (κ1) is 14.1. The molecule has 0 saturated heterocycles. The van der Waals surface area contributed by atoms with Crippen LogP contribution in [0.2, 0.25) is 0 Å². The Bertz CT molecular complexity index is 407. The summed E-state index contributed by atoms with van der Waals surface area (Å²) in [5.74, 6) is 0.728. The average molecular weight is 258 g/mol. The van der Waals surface area contributed by atoms with Crippen LogP contribution in [0, 0.1) is 0 Å². The van der Waals surface area contributed by atoms with E-state index in [0.717, 1.165) is 17.9 Å². The number of nitrogens with zero attached hydrogens (tertiary/aromatic N) is 1. The zero-order valence-corrected chi connectivity index (χ0v) is 12.1. The van der Waals surface area contributed by atoms with Crippen molar-refractivity contribution in [1.82, 2.24) is 0 Å². The smallest absolute Gasteiger partial charge is 0.139 e. The monoisotopic (exact) mass is 258 g/mol. The second-order valence-electron chi connectivity index (χ2n) is 5.49. The molecule has 103 valence electrons. The second kappa shape index (κ2) is 7.32. The highest BCUT2D eigenvalue weighted by Gasteiger charge is 2.15. The fourth-order valence-electron chi connectivity index (χ4n) is 2.54. The zero-order chi connectivity index (χ0) is 13.5. The van der Waals surface area contributed by atoms with E-state index in [4.69, 9.17) is 4.84 Å². The molecule has 0 aliphatic heterocycles. The van der Waals surface area contributed by atoms with Gasteiger partial charge < -0.3 is 4.84 Å². The molecule has 1 radical (unpaired) electrons. The number of benzene rings is 1. The van der Waals surface area contributed by atoms with Crippen molar-refractivity contribution >= 4 is 6.21 Å². The Morgan fingerprint density at radius 1 is 1.32 bits per heavy atom. The lowest BCUT2D eigenvalue weighted by atomic mass is 9.84. The molecule has 2 nitrogen and oxygen atoms in total. The van der Waals surface area contributed by atoms with Gasteiger partial charge in [0.1, 0.15) is 12.3 Å². The molecular formula is C17H24NO. The zero-order valence-electron chi connectivity index (χ0n) is 12.1. The van der Waals surface area contributed by atoms with Crippen LogP contribution in [-0.2, 0) is 4.84 Å². The molecule has 1 aliphatic rings. The van der Waals surface area contributed by atoms with Gasteiger partial charge in [-0.25, -0.2) is 0 Å². The summed E-state index contributed by atoms with van der Waals surface area (Å²) in [4.78, 5) is 5.29. The van der Waals surface area contributed by atoms with Gasteiger partial charge in [-0.1, -0.05) is 49.5 Å². The first-order chi connectivity index (χ1) is 9.29. The van der Waals surface area contributed by atoms with Crippen LogP contribution in [0.3, 0.4) is 0 Å². The maximum Gasteiger partial charge on any atom is 0.139 e. The summed E-state index contributed by atoms with van der Waals surface area (Å²) in [6, 6.07) is 8.58. The molecule has 0 amide bonds. The molecule has 1 aliphatic carbocycles. The molecule has 1 fully saturated rings. The van der Waals surface area contributed by atoms with Crippen LogP contribution < -0.4 is 0 Å². The highest BCUT2D eigenvalue weighted by atomic mass is 16.6. The normalized spacial score (nSPS) is 18.6. The predicted octanol–water partition coefficient (Wildman–Crippen LogP) is 4.76. The molecule has 1 unspecified atom stereocenters. The van der Waals surface area contributed by atoms with Crippen molar-refractivity contribution < 1.29 is 4.84 Å². The lowest BCUT2D eigenvalue weighted by Gasteiger charge is -2.22. The molecule has 19 heavy (non-hydrogen) atoms. The standard InChI is InChI=1S/C17H24NO/c1-3-14(2)19-18-13-15-8-7-11-17(12-15)16-9-5-4-6-10-16/h7-8,11-12,14,16H,3-6,9-10H2,1-2H3. The van der Waals surface area contributed by atoms with E-state index in [0.29, 0.717) is 0 Å². The SMILES string of the molecule is CCC(C)O/N=[C]/c1cccc(C2CCCCC2)c1. The number of rotatable bonds is 5. The van der Waals surface area contributed by atoms with Crippen molar-refractivity contribution in [2.24, 2.45) is 5.16 Å². The Morgan fingerprint density at radius 3 is 2.84 bits per heavy atom. The van der Waals surface area contributed by atoms with Crippen LogP contribution in [0.4, 0.5) is 0 Å². The van der Waals surface area contributed by atoms with E-state index >= 15 is 0 Å². The summed E-state index contributed by atoms with van der Waals surface area (Å²) in [6.07, 6.45) is 10.9. The van der Waals surface area contributed by atoms with E-state index < -0.39 is 0 Å². The third-order valence-electron chi connectivity index (χ3n) is 3.95. The lowest BCUT2D eigenvalue weighted by Crippen LogP contribution is -2.05. The molecule has 0 spiro atoms. The van der Waals surface area contributed by atoms with Gasteiger partial charge in [0.2, 0.25) is 0 Å². The van der Waals surface area contributed by atoms with E-state index in [1.807, 2.05) is 13.0 Å². The van der Waals surface area contributed by atoms with Crippen LogP contribution >= 0.6 is 0 Å². The molecule has 1 atom stereocenters. The van der Waals surface area contributed by atoms with E-state index in [1.165, 1.54) is 37.7 Å². The van der Waals surface area contributed by atoms with Crippen molar-refractivity contribution in [3.63, 3.8) is 0 Å². The molecule has 2 rings (SSSR count). The summed E-state index contributed by atoms with van der Waals surface area (Å²) >= 11 is 0. The second-order valence-corrected chi connectivity index (χ2v) is 5.49. The van der Waals surface area contributed by atoms with E-state index in [-0.39, 0.29) is 6.10 Å². The first-order valence-electron chi connectivity index (χ1n) is 7.51. The van der Waals surface area contributed by atoms with Crippen LogP contribution in [0.15, 0.2) is 29.4 Å². The minimum atomic E-state index is 0.161. The van der Waals surface area contributed by atoms with Gasteiger partial charge in [-0.2, -0.15) is 0 Å². The highest BCUT2D eigenvalue weighted by Crippen LogP contribution is 2.32. The third kappa shape index (κ3) is 4.38. The predicted molar refractivity (Wildman–Crippen MR) is 79.6 cm³/mol. The molecule has 1 saturated carbocycles. The van der Waals surface area contributed by atoms with Gasteiger partial charge in [0.05, 0.1) is 0 Å². The Morgan fingerprint density at radius 2 is 2.11 bits per heavy atom. The molecule has 0 bridgehead atoms. The van der Waals surface area contributed by atoms with Crippen molar-refractivity contribution in [3.05, 3.63) is 35.4 Å². The van der Waals surface area contributed by atoms with Crippen molar-refractivity contribution in [2.75, 3.05) is 0 Å². The van der Waals surface area contributed by atoms with Gasteiger partial charge in [-0.05, 0) is 43.7 Å². The van der Waals surface area contributed by atoms with E-state index in [9.17, 15) is 0 Å². The Hall–Kier alpha value is -1.31. The highest BCUT2D eigenvalue weighted by molar-refractivity contribution is 5.79. The Kier molecular flexibility index (Phi) is 5.44. The lowest BCUT2D eigenvalue weighted by molar-refractivity contribution is 0.0712. The van der Waals surface area contributed by atoms with Gasteiger partial charge in [-0.15, -0.1) is 0 Å². The van der Waals surface area contributed by atoms with Crippen molar-refractivity contribution in [2.45, 2.75) is 64.4 Å². The summed E-state index contributed by atoms with van der Waals surface area (Å²) in [7, 11) is 0. The Labute approximate surface area is 116 Å². The summed E-state index contributed by atoms with van der Waals surface area (Å²) in [6.45, 7) is 4.10. The van der Waals surface area contributed by atoms with Gasteiger partial charge in [0, 0.05) is 5.56 Å². The average Bonchev–Trinajstić information content (AvgIpc) is 2.48. The molecule has 0 N–H and O–H groups in total. The van der Waals surface area contributed by atoms with Crippen LogP contribution in [-0.4, -0.2) is 12.3 Å². The van der Waals surface area contributed by atoms with Crippen molar-refractivity contribution in [1.29, 1.82) is 0 Å². The molecule has 1 aromatic carbocycles. The van der Waals surface area contributed by atoms with Crippen LogP contribution in [0.5, 0.6) is 0 Å². The number of hydrogen-bond donors (Lipinski definition) is 0. The van der Waals surface area contributed by atoms with Crippen LogP contribution in [0.25, 0.3) is 0 Å². The van der Waals surface area contributed by atoms with E-state index in [2.05, 4.69) is 36.5 Å². The summed E-state index contributed by atoms with van der Waals surface area (Å²) in [5, 5.41) is 3.95. The topological polar surface area (TPSA) is 21.6 Å². The van der Waals surface area contributed by atoms with E-state index in [1.54, 1.807) is 0 Å².